The summed E-state index contributed by atoms with van der Waals surface area (Å²) in [6, 6.07) is 0.769. The van der Waals surface area contributed by atoms with Crippen LogP contribution in [0.3, 0.4) is 0 Å². The van der Waals surface area contributed by atoms with Gasteiger partial charge in [0, 0.05) is 38.1 Å². The van der Waals surface area contributed by atoms with Gasteiger partial charge in [-0.2, -0.15) is 13.2 Å². The van der Waals surface area contributed by atoms with Crippen LogP contribution in [0.2, 0.25) is 0 Å². The van der Waals surface area contributed by atoms with Crippen LogP contribution in [-0.4, -0.2) is 91.8 Å². The maximum absolute atomic E-state index is 12.5. The second-order valence-corrected chi connectivity index (χ2v) is 8.18. The number of nitrogens with two attached hydrogens (primary N) is 1. The molecule has 2 saturated heterocycles. The van der Waals surface area contributed by atoms with Gasteiger partial charge in [0.15, 0.2) is 6.61 Å². The Bertz CT molecular complexity index is 718. The Hall–Kier alpha value is -2.18. The number of nitrogens with zero attached hydrogens (tertiary/aromatic N) is 4. The zero-order valence-corrected chi connectivity index (χ0v) is 18.1. The van der Waals surface area contributed by atoms with E-state index in [1.807, 2.05) is 7.05 Å². The number of aromatic nitrogens is 2. The maximum atomic E-state index is 12.5. The summed E-state index contributed by atoms with van der Waals surface area (Å²) < 4.78 is 48.1. The number of ether oxygens (including phenoxy) is 2. The fraction of sp³-hybridized carbons (Fsp3) is 0.750. The van der Waals surface area contributed by atoms with E-state index in [9.17, 15) is 18.0 Å². The Kier molecular flexibility index (Phi) is 8.49. The predicted octanol–water partition coefficient (Wildman–Crippen LogP) is 1.40. The smallest absolute Gasteiger partial charge is 0.422 e. The molecule has 0 saturated carbocycles. The number of hydrogen-bond acceptors (Lipinski definition) is 8. The minimum atomic E-state index is -4.58. The zero-order valence-electron chi connectivity index (χ0n) is 18.1. The summed E-state index contributed by atoms with van der Waals surface area (Å²) in [7, 11) is 1.81. The molecule has 2 aliphatic rings. The number of piperidine rings is 2. The number of hydrogen-bond donors (Lipinski definition) is 2. The lowest BCUT2D eigenvalue weighted by Crippen LogP contribution is -2.61. The van der Waals surface area contributed by atoms with Crippen LogP contribution in [0.15, 0.2) is 18.5 Å². The molecule has 1 unspecified atom stereocenters. The Labute approximate surface area is 185 Å². The molecule has 0 radical (unpaired) electrons. The summed E-state index contributed by atoms with van der Waals surface area (Å²) in [6.45, 7) is 0.906. The van der Waals surface area contributed by atoms with E-state index in [0.717, 1.165) is 25.9 Å². The molecular weight excluding hydrogens is 429 g/mol. The molecule has 2 fully saturated rings. The molecule has 3 rings (SSSR count). The van der Waals surface area contributed by atoms with E-state index in [0.29, 0.717) is 18.9 Å². The number of likely N-dealkylation sites (tertiary alicyclic amines) is 1. The number of carbonyl (C=O) groups excluding carboxylic acids is 1. The van der Waals surface area contributed by atoms with Crippen molar-refractivity contribution in [3.8, 4) is 0 Å². The highest BCUT2D eigenvalue weighted by molar-refractivity contribution is 5.68. The topological polar surface area (TPSA) is 106 Å². The summed E-state index contributed by atoms with van der Waals surface area (Å²) in [6.07, 6.45) is -0.158. The molecule has 0 bridgehead atoms. The maximum Gasteiger partial charge on any atom is 0.422 e. The van der Waals surface area contributed by atoms with Crippen LogP contribution in [0, 0.1) is 5.92 Å². The van der Waals surface area contributed by atoms with Crippen LogP contribution in [0.25, 0.3) is 0 Å². The van der Waals surface area contributed by atoms with Crippen LogP contribution in [-0.2, 0) is 9.47 Å². The van der Waals surface area contributed by atoms with Gasteiger partial charge in [0.25, 0.3) is 0 Å². The molecule has 0 aromatic carbocycles. The van der Waals surface area contributed by atoms with Crippen molar-refractivity contribution in [2.45, 2.75) is 43.6 Å². The molecule has 2 aliphatic heterocycles. The van der Waals surface area contributed by atoms with Gasteiger partial charge in [0.1, 0.15) is 0 Å². The molecule has 1 amide bonds. The lowest BCUT2D eigenvalue weighted by molar-refractivity contribution is -0.164. The Morgan fingerprint density at radius 3 is 2.53 bits per heavy atom. The SMILES string of the molecule is CNCC1CCN(C(=O)OCC(F)(F)F)[C@@H](COC2CCN(c3ncccn3)CC2)[C@H]1N. The van der Waals surface area contributed by atoms with Crippen molar-refractivity contribution < 1.29 is 27.4 Å². The van der Waals surface area contributed by atoms with Gasteiger partial charge in [-0.25, -0.2) is 14.8 Å². The van der Waals surface area contributed by atoms with E-state index in [2.05, 4.69) is 24.9 Å². The van der Waals surface area contributed by atoms with E-state index in [4.69, 9.17) is 10.5 Å². The highest BCUT2D eigenvalue weighted by Gasteiger charge is 2.40. The standard InChI is InChI=1S/C20H31F3N6O3/c1-25-11-14-3-10-29(19(30)32-13-20(21,22)23)16(17(14)24)12-31-15-4-8-28(9-5-15)18-26-6-2-7-27-18/h2,6-7,14-17,25H,3-5,8-13,24H2,1H3/t14?,16-,17-/m0/s1. The average molecular weight is 461 g/mol. The van der Waals surface area contributed by atoms with Gasteiger partial charge in [0.05, 0.1) is 18.8 Å². The lowest BCUT2D eigenvalue weighted by atomic mass is 9.86. The van der Waals surface area contributed by atoms with Crippen LogP contribution < -0.4 is 16.0 Å². The summed E-state index contributed by atoms with van der Waals surface area (Å²) in [5.74, 6) is 0.756. The molecular formula is C20H31F3N6O3. The van der Waals surface area contributed by atoms with Gasteiger partial charge in [0.2, 0.25) is 5.95 Å². The minimum Gasteiger partial charge on any atom is -0.440 e. The van der Waals surface area contributed by atoms with Crippen molar-refractivity contribution in [3.05, 3.63) is 18.5 Å². The fourth-order valence-corrected chi connectivity index (χ4v) is 4.25. The van der Waals surface area contributed by atoms with Crippen LogP contribution in [0.4, 0.5) is 23.9 Å². The molecule has 3 N–H and O–H groups in total. The van der Waals surface area contributed by atoms with Crippen molar-refractivity contribution in [2.75, 3.05) is 51.3 Å². The summed E-state index contributed by atoms with van der Waals surface area (Å²) in [5, 5.41) is 3.08. The van der Waals surface area contributed by atoms with Gasteiger partial charge in [-0.1, -0.05) is 0 Å². The molecule has 3 heterocycles. The Balaban J connectivity index is 1.56. The minimum absolute atomic E-state index is 0.0418. The molecule has 0 aliphatic carbocycles. The Morgan fingerprint density at radius 2 is 1.91 bits per heavy atom. The Morgan fingerprint density at radius 1 is 1.22 bits per heavy atom. The fourth-order valence-electron chi connectivity index (χ4n) is 4.25. The quantitative estimate of drug-likeness (QED) is 0.629. The van der Waals surface area contributed by atoms with E-state index < -0.39 is 31.0 Å². The molecule has 180 valence electrons. The van der Waals surface area contributed by atoms with Gasteiger partial charge < -0.3 is 30.3 Å². The van der Waals surface area contributed by atoms with E-state index >= 15 is 0 Å². The van der Waals surface area contributed by atoms with E-state index in [1.165, 1.54) is 4.90 Å². The largest absolute Gasteiger partial charge is 0.440 e. The first-order chi connectivity index (χ1) is 15.3. The molecule has 9 nitrogen and oxygen atoms in total. The first kappa shape index (κ1) is 24.5. The molecule has 1 aromatic rings. The molecule has 1 aromatic heterocycles. The normalized spacial score (nSPS) is 25.1. The zero-order chi connectivity index (χ0) is 23.1. The van der Waals surface area contributed by atoms with Crippen LogP contribution in [0.1, 0.15) is 19.3 Å². The first-order valence-corrected chi connectivity index (χ1v) is 10.8. The number of halogens is 3. The summed E-state index contributed by atoms with van der Waals surface area (Å²) in [4.78, 5) is 24.3. The second-order valence-electron chi connectivity index (χ2n) is 8.18. The van der Waals surface area contributed by atoms with Crippen molar-refractivity contribution in [2.24, 2.45) is 11.7 Å². The number of rotatable bonds is 7. The third kappa shape index (κ3) is 6.66. The number of anilines is 1. The van der Waals surface area contributed by atoms with Gasteiger partial charge in [-0.15, -0.1) is 0 Å². The van der Waals surface area contributed by atoms with Gasteiger partial charge >= 0.3 is 12.3 Å². The van der Waals surface area contributed by atoms with E-state index in [-0.39, 0.29) is 25.2 Å². The predicted molar refractivity (Wildman–Crippen MR) is 111 cm³/mol. The van der Waals surface area contributed by atoms with Crippen molar-refractivity contribution >= 4 is 12.0 Å². The third-order valence-corrected chi connectivity index (χ3v) is 5.97. The second kappa shape index (κ2) is 11.1. The number of carbonyl (C=O) groups is 1. The monoisotopic (exact) mass is 460 g/mol. The van der Waals surface area contributed by atoms with Crippen LogP contribution in [0.5, 0.6) is 0 Å². The average Bonchev–Trinajstić information content (AvgIpc) is 2.78. The van der Waals surface area contributed by atoms with Crippen molar-refractivity contribution in [1.29, 1.82) is 0 Å². The highest BCUT2D eigenvalue weighted by Crippen LogP contribution is 2.26. The summed E-state index contributed by atoms with van der Waals surface area (Å²) in [5.41, 5.74) is 6.42. The number of alkyl halides is 3. The van der Waals surface area contributed by atoms with Gasteiger partial charge in [-0.05, 0) is 44.8 Å². The number of nitrogens with one attached hydrogen (secondary N) is 1. The molecule has 3 atom stereocenters. The van der Waals surface area contributed by atoms with Crippen molar-refractivity contribution in [1.82, 2.24) is 20.2 Å². The molecule has 0 spiro atoms. The summed E-state index contributed by atoms with van der Waals surface area (Å²) >= 11 is 0. The molecule has 32 heavy (non-hydrogen) atoms. The highest BCUT2D eigenvalue weighted by atomic mass is 19.4. The lowest BCUT2D eigenvalue weighted by Gasteiger charge is -2.44. The molecule has 12 heteroatoms. The first-order valence-electron chi connectivity index (χ1n) is 10.8. The van der Waals surface area contributed by atoms with Gasteiger partial charge in [-0.3, -0.25) is 0 Å². The number of amides is 1. The van der Waals surface area contributed by atoms with E-state index in [1.54, 1.807) is 18.5 Å². The third-order valence-electron chi connectivity index (χ3n) is 5.97. The van der Waals surface area contributed by atoms with Crippen LogP contribution >= 0.6 is 0 Å². The van der Waals surface area contributed by atoms with Crippen molar-refractivity contribution in [3.63, 3.8) is 0 Å².